The second-order valence-corrected chi connectivity index (χ2v) is 6.23. The van der Waals surface area contributed by atoms with Gasteiger partial charge >= 0.3 is 0 Å². The number of hydrogen-bond acceptors (Lipinski definition) is 4. The van der Waals surface area contributed by atoms with E-state index in [9.17, 15) is 9.59 Å². The van der Waals surface area contributed by atoms with Crippen LogP contribution >= 0.6 is 0 Å². The number of hydroxylamine groups is 1. The van der Waals surface area contributed by atoms with E-state index in [1.54, 1.807) is 5.48 Å². The van der Waals surface area contributed by atoms with Crippen LogP contribution in [0.2, 0.25) is 0 Å². The lowest BCUT2D eigenvalue weighted by molar-refractivity contribution is -0.129. The number of unbranched alkanes of at least 4 members (excludes halogenated alkanes) is 3. The Morgan fingerprint density at radius 1 is 0.958 bits per heavy atom. The molecule has 24 heavy (non-hydrogen) atoms. The molecule has 1 aromatic carbocycles. The molecule has 0 aliphatic rings. The molecule has 0 unspecified atom stereocenters. The summed E-state index contributed by atoms with van der Waals surface area (Å²) in [5, 5.41) is 14.6. The minimum atomic E-state index is -0.361. The van der Waals surface area contributed by atoms with E-state index in [0.717, 1.165) is 37.9 Å². The van der Waals surface area contributed by atoms with E-state index in [1.165, 1.54) is 5.56 Å². The Morgan fingerprint density at radius 3 is 2.08 bits per heavy atom. The highest BCUT2D eigenvalue weighted by molar-refractivity contribution is 5.90. The van der Waals surface area contributed by atoms with Crippen molar-refractivity contribution < 1.29 is 14.8 Å². The molecule has 0 spiro atoms. The van der Waals surface area contributed by atoms with Crippen LogP contribution in [0.3, 0.4) is 0 Å². The average molecular weight is 335 g/mol. The molecule has 0 radical (unpaired) electrons. The van der Waals surface area contributed by atoms with E-state index in [2.05, 4.69) is 24.5 Å². The van der Waals surface area contributed by atoms with Gasteiger partial charge < -0.3 is 10.6 Å². The zero-order chi connectivity index (χ0) is 17.8. The topological polar surface area (TPSA) is 90.5 Å². The summed E-state index contributed by atoms with van der Waals surface area (Å²) in [5.74, 6) is -0.351. The average Bonchev–Trinajstić information content (AvgIpc) is 2.57. The van der Waals surface area contributed by atoms with E-state index in [4.69, 9.17) is 5.21 Å². The lowest BCUT2D eigenvalue weighted by Crippen LogP contribution is -2.21. The normalized spacial score (nSPS) is 10.7. The molecule has 0 bridgehead atoms. The van der Waals surface area contributed by atoms with E-state index in [0.29, 0.717) is 18.9 Å². The number of anilines is 1. The van der Waals surface area contributed by atoms with Gasteiger partial charge in [-0.2, -0.15) is 0 Å². The van der Waals surface area contributed by atoms with E-state index < -0.39 is 0 Å². The number of amides is 2. The molecule has 6 heteroatoms. The fourth-order valence-corrected chi connectivity index (χ4v) is 2.23. The van der Waals surface area contributed by atoms with Crippen molar-refractivity contribution in [1.29, 1.82) is 0 Å². The molecule has 0 saturated carbocycles. The van der Waals surface area contributed by atoms with Crippen molar-refractivity contribution >= 4 is 17.5 Å². The molecule has 0 aliphatic carbocycles. The monoisotopic (exact) mass is 335 g/mol. The van der Waals surface area contributed by atoms with Crippen LogP contribution in [-0.2, 0) is 16.1 Å². The zero-order valence-electron chi connectivity index (χ0n) is 14.6. The van der Waals surface area contributed by atoms with Gasteiger partial charge in [0.2, 0.25) is 11.8 Å². The molecule has 0 aliphatic heterocycles. The van der Waals surface area contributed by atoms with Gasteiger partial charge in [-0.3, -0.25) is 14.8 Å². The van der Waals surface area contributed by atoms with Crippen LogP contribution in [0.15, 0.2) is 24.3 Å². The maximum Gasteiger partial charge on any atom is 0.243 e. The smallest absolute Gasteiger partial charge is 0.243 e. The van der Waals surface area contributed by atoms with Gasteiger partial charge in [-0.1, -0.05) is 38.8 Å². The van der Waals surface area contributed by atoms with Crippen LogP contribution in [0.4, 0.5) is 5.69 Å². The van der Waals surface area contributed by atoms with E-state index in [1.807, 2.05) is 24.3 Å². The van der Waals surface area contributed by atoms with Crippen LogP contribution in [-0.4, -0.2) is 23.1 Å². The van der Waals surface area contributed by atoms with Gasteiger partial charge in [0.25, 0.3) is 0 Å². The standard InChI is InChI=1S/C18H29N3O3/c1-14(2)19-13-15-9-11-16(12-10-15)20-17(22)7-5-3-4-6-8-18(23)21-24/h9-12,14,19,24H,3-8,13H2,1-2H3,(H,20,22)(H,21,23). The molecule has 0 heterocycles. The van der Waals surface area contributed by atoms with E-state index in [-0.39, 0.29) is 11.8 Å². The summed E-state index contributed by atoms with van der Waals surface area (Å²) >= 11 is 0. The predicted molar refractivity (Wildman–Crippen MR) is 94.7 cm³/mol. The summed E-state index contributed by atoms with van der Waals surface area (Å²) in [6.45, 7) is 5.03. The third kappa shape index (κ3) is 9.27. The first-order chi connectivity index (χ1) is 11.5. The summed E-state index contributed by atoms with van der Waals surface area (Å²) in [6, 6.07) is 8.31. The van der Waals surface area contributed by atoms with Crippen LogP contribution < -0.4 is 16.1 Å². The molecule has 0 atom stereocenters. The SMILES string of the molecule is CC(C)NCc1ccc(NC(=O)CCCCCCC(=O)NO)cc1. The van der Waals surface area contributed by atoms with Crippen LogP contribution in [0, 0.1) is 0 Å². The van der Waals surface area contributed by atoms with Crippen molar-refractivity contribution in [2.45, 2.75) is 65.0 Å². The fraction of sp³-hybridized carbons (Fsp3) is 0.556. The lowest BCUT2D eigenvalue weighted by atomic mass is 10.1. The first-order valence-corrected chi connectivity index (χ1v) is 8.56. The van der Waals surface area contributed by atoms with Gasteiger partial charge in [-0.25, -0.2) is 5.48 Å². The Morgan fingerprint density at radius 2 is 1.54 bits per heavy atom. The Labute approximate surface area is 144 Å². The molecule has 6 nitrogen and oxygen atoms in total. The third-order valence-electron chi connectivity index (χ3n) is 3.63. The maximum atomic E-state index is 11.9. The minimum absolute atomic E-state index is 0.0103. The minimum Gasteiger partial charge on any atom is -0.326 e. The Kier molecular flexibility index (Phi) is 9.72. The van der Waals surface area contributed by atoms with Crippen molar-refractivity contribution in [1.82, 2.24) is 10.8 Å². The Bertz CT molecular complexity index is 501. The number of benzene rings is 1. The van der Waals surface area contributed by atoms with Gasteiger partial charge in [0.1, 0.15) is 0 Å². The molecule has 1 rings (SSSR count). The lowest BCUT2D eigenvalue weighted by Gasteiger charge is -2.09. The fourth-order valence-electron chi connectivity index (χ4n) is 2.23. The molecule has 0 saturated heterocycles. The maximum absolute atomic E-state index is 11.9. The molecular weight excluding hydrogens is 306 g/mol. The molecule has 1 aromatic rings. The number of nitrogens with one attached hydrogen (secondary N) is 3. The van der Waals surface area contributed by atoms with Crippen molar-refractivity contribution in [3.05, 3.63) is 29.8 Å². The zero-order valence-corrected chi connectivity index (χ0v) is 14.6. The number of carbonyl (C=O) groups is 2. The quantitative estimate of drug-likeness (QED) is 0.284. The van der Waals surface area contributed by atoms with Crippen LogP contribution in [0.25, 0.3) is 0 Å². The molecule has 0 aromatic heterocycles. The molecule has 134 valence electrons. The van der Waals surface area contributed by atoms with Crippen molar-refractivity contribution in [3.63, 3.8) is 0 Å². The number of hydrogen-bond donors (Lipinski definition) is 4. The van der Waals surface area contributed by atoms with Crippen molar-refractivity contribution in [2.75, 3.05) is 5.32 Å². The van der Waals surface area contributed by atoms with Gasteiger partial charge in [0, 0.05) is 31.1 Å². The summed E-state index contributed by atoms with van der Waals surface area (Å²) in [6.07, 6.45) is 4.08. The second-order valence-electron chi connectivity index (χ2n) is 6.23. The highest BCUT2D eigenvalue weighted by atomic mass is 16.5. The highest BCUT2D eigenvalue weighted by Crippen LogP contribution is 2.11. The third-order valence-corrected chi connectivity index (χ3v) is 3.63. The molecular formula is C18H29N3O3. The molecule has 0 fully saturated rings. The van der Waals surface area contributed by atoms with Crippen LogP contribution in [0.5, 0.6) is 0 Å². The van der Waals surface area contributed by atoms with Crippen LogP contribution in [0.1, 0.15) is 57.9 Å². The largest absolute Gasteiger partial charge is 0.326 e. The summed E-state index contributed by atoms with van der Waals surface area (Å²) < 4.78 is 0. The van der Waals surface area contributed by atoms with Gasteiger partial charge in [0.05, 0.1) is 0 Å². The second kappa shape index (κ2) is 11.6. The summed E-state index contributed by atoms with van der Waals surface area (Å²) in [7, 11) is 0. The molecule has 4 N–H and O–H groups in total. The van der Waals surface area contributed by atoms with Gasteiger partial charge in [0.15, 0.2) is 0 Å². The van der Waals surface area contributed by atoms with Gasteiger partial charge in [-0.05, 0) is 30.5 Å². The highest BCUT2D eigenvalue weighted by Gasteiger charge is 2.04. The Balaban J connectivity index is 2.17. The predicted octanol–water partition coefficient (Wildman–Crippen LogP) is 2.97. The number of rotatable bonds is 11. The first-order valence-electron chi connectivity index (χ1n) is 8.56. The summed E-state index contributed by atoms with van der Waals surface area (Å²) in [4.78, 5) is 22.7. The van der Waals surface area contributed by atoms with Gasteiger partial charge in [-0.15, -0.1) is 0 Å². The van der Waals surface area contributed by atoms with Crippen molar-refractivity contribution in [3.8, 4) is 0 Å². The Hall–Kier alpha value is -1.92. The van der Waals surface area contributed by atoms with Crippen molar-refractivity contribution in [2.24, 2.45) is 0 Å². The first kappa shape index (κ1) is 20.1. The number of carbonyl (C=O) groups excluding carboxylic acids is 2. The summed E-state index contributed by atoms with van der Waals surface area (Å²) in [5.41, 5.74) is 3.61. The molecule has 2 amide bonds. The van der Waals surface area contributed by atoms with E-state index >= 15 is 0 Å².